The quantitative estimate of drug-likeness (QED) is 0.446. The minimum absolute atomic E-state index is 0.0178. The molecule has 0 unspecified atom stereocenters. The van der Waals surface area contributed by atoms with Gasteiger partial charge < -0.3 is 10.2 Å². The van der Waals surface area contributed by atoms with Crippen molar-refractivity contribution in [2.75, 3.05) is 23.7 Å². The third-order valence-electron chi connectivity index (χ3n) is 5.81. The van der Waals surface area contributed by atoms with E-state index in [0.29, 0.717) is 13.0 Å². The highest BCUT2D eigenvalue weighted by Crippen LogP contribution is 2.23. The highest BCUT2D eigenvalue weighted by Gasteiger charge is 2.29. The molecule has 9 heteroatoms. The molecule has 0 spiro atoms. The van der Waals surface area contributed by atoms with Gasteiger partial charge >= 0.3 is 0 Å². The number of nitrogens with one attached hydrogen (secondary N) is 1. The number of hydrogen-bond acceptors (Lipinski definition) is 4. The number of aryl methyl sites for hydroxylation is 1. The molecular formula is C26H36FN3O4S. The zero-order valence-electron chi connectivity index (χ0n) is 21.0. The molecule has 0 aromatic heterocycles. The van der Waals surface area contributed by atoms with Crippen molar-refractivity contribution in [3.8, 4) is 0 Å². The largest absolute Gasteiger partial charge is 0.354 e. The molecule has 0 aliphatic carbocycles. The van der Waals surface area contributed by atoms with Crippen molar-refractivity contribution >= 4 is 27.5 Å². The van der Waals surface area contributed by atoms with E-state index >= 15 is 0 Å². The van der Waals surface area contributed by atoms with Crippen LogP contribution in [-0.2, 0) is 26.2 Å². The van der Waals surface area contributed by atoms with Gasteiger partial charge in [-0.25, -0.2) is 12.8 Å². The first-order chi connectivity index (χ1) is 16.6. The molecule has 0 saturated carbocycles. The lowest BCUT2D eigenvalue weighted by Gasteiger charge is -2.31. The molecule has 2 rings (SSSR count). The van der Waals surface area contributed by atoms with E-state index < -0.39 is 21.9 Å². The van der Waals surface area contributed by atoms with Crippen molar-refractivity contribution in [2.24, 2.45) is 0 Å². The molecule has 2 aromatic rings. The summed E-state index contributed by atoms with van der Waals surface area (Å²) < 4.78 is 39.9. The maximum absolute atomic E-state index is 14.3. The molecule has 0 bridgehead atoms. The van der Waals surface area contributed by atoms with Crippen LogP contribution in [0.15, 0.2) is 48.5 Å². The number of para-hydroxylation sites is 1. The van der Waals surface area contributed by atoms with E-state index in [1.807, 2.05) is 45.0 Å². The highest BCUT2D eigenvalue weighted by molar-refractivity contribution is 7.92. The molecule has 0 radical (unpaired) electrons. The molecule has 0 aliphatic heterocycles. The van der Waals surface area contributed by atoms with Gasteiger partial charge in [0, 0.05) is 26.1 Å². The van der Waals surface area contributed by atoms with Gasteiger partial charge in [0.1, 0.15) is 11.9 Å². The minimum atomic E-state index is -3.75. The molecular weight excluding hydrogens is 469 g/mol. The van der Waals surface area contributed by atoms with Crippen LogP contribution in [0.1, 0.15) is 50.7 Å². The fraction of sp³-hybridized carbons (Fsp3) is 0.462. The van der Waals surface area contributed by atoms with Crippen LogP contribution in [0.3, 0.4) is 0 Å². The Bertz CT molecular complexity index is 1110. The Morgan fingerprint density at radius 3 is 2.31 bits per heavy atom. The first-order valence-electron chi connectivity index (χ1n) is 11.9. The number of hydrogen-bond donors (Lipinski definition) is 1. The number of rotatable bonds is 13. The standard InChI is InChI=1S/C26H36FN3O4S/c1-5-17-28-26(32)23(6-2)29(19-21-13-8-7-12-20(21)3)25(31)16-11-18-30(35(4,33)34)24-15-10-9-14-22(24)27/h7-10,12-15,23H,5-6,11,16-19H2,1-4H3,(H,28,32)/t23-/m0/s1. The average molecular weight is 506 g/mol. The molecule has 2 aromatic carbocycles. The maximum atomic E-state index is 14.3. The summed E-state index contributed by atoms with van der Waals surface area (Å²) in [5.74, 6) is -1.11. The van der Waals surface area contributed by atoms with Crippen molar-refractivity contribution in [3.05, 3.63) is 65.5 Å². The van der Waals surface area contributed by atoms with Gasteiger partial charge in [0.25, 0.3) is 0 Å². The van der Waals surface area contributed by atoms with Crippen LogP contribution >= 0.6 is 0 Å². The number of carbonyl (C=O) groups excluding carboxylic acids is 2. The summed E-state index contributed by atoms with van der Waals surface area (Å²) in [6.45, 7) is 6.51. The lowest BCUT2D eigenvalue weighted by molar-refractivity contribution is -0.141. The average Bonchev–Trinajstić information content (AvgIpc) is 2.81. The predicted molar refractivity (Wildman–Crippen MR) is 137 cm³/mol. The van der Waals surface area contributed by atoms with Gasteiger partial charge in [0.15, 0.2) is 0 Å². The molecule has 1 atom stereocenters. The molecule has 1 N–H and O–H groups in total. The summed E-state index contributed by atoms with van der Waals surface area (Å²) in [5, 5.41) is 2.88. The van der Waals surface area contributed by atoms with E-state index in [-0.39, 0.29) is 43.4 Å². The van der Waals surface area contributed by atoms with Gasteiger partial charge in [-0.05, 0) is 49.4 Å². The monoisotopic (exact) mass is 505 g/mol. The third-order valence-corrected chi connectivity index (χ3v) is 6.99. The summed E-state index contributed by atoms with van der Waals surface area (Å²) in [7, 11) is -3.75. The van der Waals surface area contributed by atoms with Gasteiger partial charge in [0.05, 0.1) is 11.9 Å². The predicted octanol–water partition coefficient (Wildman–Crippen LogP) is 4.01. The lowest BCUT2D eigenvalue weighted by Crippen LogP contribution is -2.49. The Morgan fingerprint density at radius 2 is 1.71 bits per heavy atom. The van der Waals surface area contributed by atoms with Crippen molar-refractivity contribution in [1.29, 1.82) is 0 Å². The topological polar surface area (TPSA) is 86.8 Å². The Labute approximate surface area is 208 Å². The Kier molecular flexibility index (Phi) is 10.7. The normalized spacial score (nSPS) is 12.1. The van der Waals surface area contributed by atoms with E-state index in [9.17, 15) is 22.4 Å². The minimum Gasteiger partial charge on any atom is -0.354 e. The maximum Gasteiger partial charge on any atom is 0.242 e. The Morgan fingerprint density at radius 1 is 1.06 bits per heavy atom. The van der Waals surface area contributed by atoms with Gasteiger partial charge in [0.2, 0.25) is 21.8 Å². The summed E-state index contributed by atoms with van der Waals surface area (Å²) in [5.41, 5.74) is 1.90. The smallest absolute Gasteiger partial charge is 0.242 e. The van der Waals surface area contributed by atoms with E-state index in [1.54, 1.807) is 11.0 Å². The molecule has 0 heterocycles. The van der Waals surface area contributed by atoms with Crippen molar-refractivity contribution in [1.82, 2.24) is 10.2 Å². The molecule has 192 valence electrons. The SMILES string of the molecule is CCCNC(=O)[C@H](CC)N(Cc1ccccc1C)C(=O)CCCN(c1ccccc1F)S(C)(=O)=O. The molecule has 2 amide bonds. The summed E-state index contributed by atoms with van der Waals surface area (Å²) >= 11 is 0. The van der Waals surface area contributed by atoms with Crippen LogP contribution in [0.5, 0.6) is 0 Å². The number of nitrogens with zero attached hydrogens (tertiary/aromatic N) is 2. The van der Waals surface area contributed by atoms with Gasteiger partial charge in [-0.15, -0.1) is 0 Å². The second-order valence-corrected chi connectivity index (χ2v) is 10.5. The van der Waals surface area contributed by atoms with Gasteiger partial charge in [-0.1, -0.05) is 50.2 Å². The van der Waals surface area contributed by atoms with E-state index in [4.69, 9.17) is 0 Å². The first kappa shape index (κ1) is 28.3. The third kappa shape index (κ3) is 8.06. The fourth-order valence-electron chi connectivity index (χ4n) is 3.89. The molecule has 0 fully saturated rings. The number of benzene rings is 2. The van der Waals surface area contributed by atoms with Crippen LogP contribution in [0.2, 0.25) is 0 Å². The number of anilines is 1. The van der Waals surface area contributed by atoms with E-state index in [0.717, 1.165) is 28.1 Å². The van der Waals surface area contributed by atoms with Crippen molar-refractivity contribution in [2.45, 2.75) is 59.0 Å². The van der Waals surface area contributed by atoms with Crippen molar-refractivity contribution < 1.29 is 22.4 Å². The van der Waals surface area contributed by atoms with Crippen LogP contribution in [0, 0.1) is 12.7 Å². The zero-order chi connectivity index (χ0) is 26.0. The second-order valence-electron chi connectivity index (χ2n) is 8.55. The Hall–Kier alpha value is -2.94. The van der Waals surface area contributed by atoms with E-state index in [2.05, 4.69) is 5.32 Å². The Balaban J connectivity index is 2.22. The lowest BCUT2D eigenvalue weighted by atomic mass is 10.1. The summed E-state index contributed by atoms with van der Waals surface area (Å²) in [6, 6.07) is 12.7. The fourth-order valence-corrected chi connectivity index (χ4v) is 4.86. The van der Waals surface area contributed by atoms with Crippen molar-refractivity contribution in [3.63, 3.8) is 0 Å². The van der Waals surface area contributed by atoms with Crippen LogP contribution in [-0.4, -0.2) is 50.5 Å². The van der Waals surface area contributed by atoms with Crippen LogP contribution < -0.4 is 9.62 Å². The second kappa shape index (κ2) is 13.2. The van der Waals surface area contributed by atoms with Gasteiger partial charge in [-0.3, -0.25) is 13.9 Å². The molecule has 35 heavy (non-hydrogen) atoms. The number of halogens is 1. The summed E-state index contributed by atoms with van der Waals surface area (Å²) in [4.78, 5) is 27.8. The first-order valence-corrected chi connectivity index (χ1v) is 13.8. The molecule has 0 aliphatic rings. The number of sulfonamides is 1. The molecule has 7 nitrogen and oxygen atoms in total. The van der Waals surface area contributed by atoms with Crippen LogP contribution in [0.4, 0.5) is 10.1 Å². The highest BCUT2D eigenvalue weighted by atomic mass is 32.2. The molecule has 0 saturated heterocycles. The van der Waals surface area contributed by atoms with E-state index in [1.165, 1.54) is 18.2 Å². The van der Waals surface area contributed by atoms with Gasteiger partial charge in [-0.2, -0.15) is 0 Å². The van der Waals surface area contributed by atoms with Crippen LogP contribution in [0.25, 0.3) is 0 Å². The summed E-state index contributed by atoms with van der Waals surface area (Å²) in [6.07, 6.45) is 2.43. The number of carbonyl (C=O) groups is 2. The number of amides is 2. The zero-order valence-corrected chi connectivity index (χ0v) is 21.8.